The Morgan fingerprint density at radius 3 is 2.52 bits per heavy atom. The minimum Gasteiger partial charge on any atom is -0.347 e. The van der Waals surface area contributed by atoms with Crippen molar-refractivity contribution in [3.8, 4) is 11.3 Å². The zero-order valence-electron chi connectivity index (χ0n) is 17.3. The van der Waals surface area contributed by atoms with Crippen LogP contribution in [0, 0.1) is 5.92 Å². The van der Waals surface area contributed by atoms with Crippen LogP contribution in [0.5, 0.6) is 0 Å². The second-order valence-corrected chi connectivity index (χ2v) is 10.5. The molecule has 1 N–H and O–H groups in total. The Hall–Kier alpha value is -2.55. The van der Waals surface area contributed by atoms with Gasteiger partial charge in [-0.15, -0.1) is 11.3 Å². The van der Waals surface area contributed by atoms with Crippen molar-refractivity contribution in [2.75, 3.05) is 13.1 Å². The molecule has 0 saturated carbocycles. The molecule has 0 spiro atoms. The van der Waals surface area contributed by atoms with Gasteiger partial charge in [-0.2, -0.15) is 4.31 Å². The maximum absolute atomic E-state index is 12.9. The largest absolute Gasteiger partial charge is 0.347 e. The van der Waals surface area contributed by atoms with Crippen LogP contribution in [0.1, 0.15) is 30.8 Å². The van der Waals surface area contributed by atoms with Crippen molar-refractivity contribution in [1.82, 2.24) is 14.6 Å². The quantitative estimate of drug-likeness (QED) is 0.607. The van der Waals surface area contributed by atoms with E-state index in [2.05, 4.69) is 10.3 Å². The maximum Gasteiger partial charge on any atom is 0.243 e. The SMILES string of the molecule is CC(NC(=O)C1CCCN(S(=O)(=O)c2ccccc2)C1)c1nc(-c2ccccc2)cs1. The summed E-state index contributed by atoms with van der Waals surface area (Å²) >= 11 is 1.51. The predicted molar refractivity (Wildman–Crippen MR) is 122 cm³/mol. The number of piperidine rings is 1. The van der Waals surface area contributed by atoms with E-state index in [-0.39, 0.29) is 29.3 Å². The molecule has 4 rings (SSSR count). The Labute approximate surface area is 187 Å². The fraction of sp³-hybridized carbons (Fsp3) is 0.304. The van der Waals surface area contributed by atoms with E-state index in [1.807, 2.05) is 42.6 Å². The summed E-state index contributed by atoms with van der Waals surface area (Å²) in [5, 5.41) is 5.85. The van der Waals surface area contributed by atoms with Gasteiger partial charge in [0.2, 0.25) is 15.9 Å². The third-order valence-electron chi connectivity index (χ3n) is 5.46. The zero-order valence-corrected chi connectivity index (χ0v) is 18.9. The van der Waals surface area contributed by atoms with Crippen molar-refractivity contribution < 1.29 is 13.2 Å². The van der Waals surface area contributed by atoms with Gasteiger partial charge in [-0.25, -0.2) is 13.4 Å². The maximum atomic E-state index is 12.9. The van der Waals surface area contributed by atoms with Gasteiger partial charge in [0.05, 0.1) is 22.5 Å². The smallest absolute Gasteiger partial charge is 0.243 e. The number of aromatic nitrogens is 1. The lowest BCUT2D eigenvalue weighted by Crippen LogP contribution is -2.45. The third kappa shape index (κ3) is 4.87. The van der Waals surface area contributed by atoms with Crippen LogP contribution in [0.3, 0.4) is 0 Å². The molecule has 3 aromatic rings. The van der Waals surface area contributed by atoms with Crippen molar-refractivity contribution >= 4 is 27.3 Å². The van der Waals surface area contributed by atoms with Gasteiger partial charge < -0.3 is 5.32 Å². The van der Waals surface area contributed by atoms with E-state index < -0.39 is 10.0 Å². The monoisotopic (exact) mass is 455 g/mol. The summed E-state index contributed by atoms with van der Waals surface area (Å²) in [4.78, 5) is 17.8. The summed E-state index contributed by atoms with van der Waals surface area (Å²) in [6.45, 7) is 2.54. The molecule has 8 heteroatoms. The summed E-state index contributed by atoms with van der Waals surface area (Å²) < 4.78 is 27.3. The summed E-state index contributed by atoms with van der Waals surface area (Å²) in [6.07, 6.45) is 1.33. The first-order valence-electron chi connectivity index (χ1n) is 10.3. The Bertz CT molecular complexity index is 1130. The van der Waals surface area contributed by atoms with E-state index in [1.54, 1.807) is 30.3 Å². The Balaban J connectivity index is 1.41. The molecule has 0 aliphatic carbocycles. The van der Waals surface area contributed by atoms with E-state index in [1.165, 1.54) is 15.6 Å². The zero-order chi connectivity index (χ0) is 21.8. The lowest BCUT2D eigenvalue weighted by atomic mass is 9.98. The molecule has 6 nitrogen and oxygen atoms in total. The number of rotatable bonds is 6. The summed E-state index contributed by atoms with van der Waals surface area (Å²) in [6, 6.07) is 18.1. The molecule has 1 amide bonds. The van der Waals surface area contributed by atoms with E-state index in [9.17, 15) is 13.2 Å². The number of carbonyl (C=O) groups excluding carboxylic acids is 1. The number of thiazole rings is 1. The third-order valence-corrected chi connectivity index (χ3v) is 8.36. The number of sulfonamides is 1. The van der Waals surface area contributed by atoms with Gasteiger partial charge in [-0.3, -0.25) is 4.79 Å². The Morgan fingerprint density at radius 2 is 1.81 bits per heavy atom. The second-order valence-electron chi connectivity index (χ2n) is 7.68. The number of hydrogen-bond acceptors (Lipinski definition) is 5. The van der Waals surface area contributed by atoms with Crippen LogP contribution in [-0.4, -0.2) is 36.7 Å². The second kappa shape index (κ2) is 9.30. The van der Waals surface area contributed by atoms with Gasteiger partial charge in [-0.1, -0.05) is 48.5 Å². The highest BCUT2D eigenvalue weighted by Gasteiger charge is 2.33. The van der Waals surface area contributed by atoms with Gasteiger partial charge in [0.25, 0.3) is 0 Å². The van der Waals surface area contributed by atoms with E-state index >= 15 is 0 Å². The molecule has 0 radical (unpaired) electrons. The summed E-state index contributed by atoms with van der Waals surface area (Å²) in [7, 11) is -3.59. The van der Waals surface area contributed by atoms with Crippen LogP contribution in [0.4, 0.5) is 0 Å². The molecule has 1 saturated heterocycles. The standard InChI is InChI=1S/C23H25N3O3S2/c1-17(23-25-21(16-30-23)18-9-4-2-5-10-18)24-22(27)19-11-8-14-26(15-19)31(28,29)20-12-6-3-7-13-20/h2-7,9-10,12-13,16-17,19H,8,11,14-15H2,1H3,(H,24,27). The van der Waals surface area contributed by atoms with Crippen LogP contribution in [0.25, 0.3) is 11.3 Å². The fourth-order valence-electron chi connectivity index (χ4n) is 3.74. The highest BCUT2D eigenvalue weighted by atomic mass is 32.2. The molecule has 2 aromatic carbocycles. The van der Waals surface area contributed by atoms with Gasteiger partial charge in [0, 0.05) is 24.0 Å². The number of carbonyl (C=O) groups is 1. The summed E-state index contributed by atoms with van der Waals surface area (Å²) in [5.41, 5.74) is 1.93. The summed E-state index contributed by atoms with van der Waals surface area (Å²) in [5.74, 6) is -0.500. The van der Waals surface area contributed by atoms with Crippen molar-refractivity contribution in [2.24, 2.45) is 5.92 Å². The van der Waals surface area contributed by atoms with Crippen LogP contribution in [0.15, 0.2) is 70.9 Å². The molecule has 0 bridgehead atoms. The number of benzene rings is 2. The predicted octanol–water partition coefficient (Wildman–Crippen LogP) is 4.09. The minimum absolute atomic E-state index is 0.128. The van der Waals surface area contributed by atoms with Crippen LogP contribution in [0.2, 0.25) is 0 Å². The Kier molecular flexibility index (Phi) is 6.50. The number of nitrogens with one attached hydrogen (secondary N) is 1. The molecule has 162 valence electrons. The topological polar surface area (TPSA) is 79.4 Å². The number of hydrogen-bond donors (Lipinski definition) is 1. The number of nitrogens with zero attached hydrogens (tertiary/aromatic N) is 2. The van der Waals surface area contributed by atoms with Crippen molar-refractivity contribution in [3.63, 3.8) is 0 Å². The first-order valence-corrected chi connectivity index (χ1v) is 12.6. The first-order chi connectivity index (χ1) is 14.9. The molecular weight excluding hydrogens is 430 g/mol. The average molecular weight is 456 g/mol. The van der Waals surface area contributed by atoms with E-state index in [4.69, 9.17) is 0 Å². The fourth-order valence-corrected chi connectivity index (χ4v) is 6.12. The van der Waals surface area contributed by atoms with Crippen molar-refractivity contribution in [2.45, 2.75) is 30.7 Å². The van der Waals surface area contributed by atoms with Crippen LogP contribution in [-0.2, 0) is 14.8 Å². The van der Waals surface area contributed by atoms with Gasteiger partial charge in [0.1, 0.15) is 5.01 Å². The van der Waals surface area contributed by atoms with Gasteiger partial charge >= 0.3 is 0 Å². The lowest BCUT2D eigenvalue weighted by Gasteiger charge is -2.31. The van der Waals surface area contributed by atoms with E-state index in [0.29, 0.717) is 19.4 Å². The molecule has 2 atom stereocenters. The van der Waals surface area contributed by atoms with Gasteiger partial charge in [-0.05, 0) is 31.9 Å². The molecular formula is C23H25N3O3S2. The minimum atomic E-state index is -3.59. The van der Waals surface area contributed by atoms with Crippen LogP contribution >= 0.6 is 11.3 Å². The normalized spacial score (nSPS) is 18.4. The van der Waals surface area contributed by atoms with Crippen molar-refractivity contribution in [3.05, 3.63) is 71.1 Å². The van der Waals surface area contributed by atoms with Gasteiger partial charge in [0.15, 0.2) is 0 Å². The van der Waals surface area contributed by atoms with Crippen molar-refractivity contribution in [1.29, 1.82) is 0 Å². The molecule has 31 heavy (non-hydrogen) atoms. The molecule has 1 aromatic heterocycles. The molecule has 1 aliphatic heterocycles. The average Bonchev–Trinajstić information content (AvgIpc) is 3.31. The molecule has 1 fully saturated rings. The van der Waals surface area contributed by atoms with E-state index in [0.717, 1.165) is 16.3 Å². The molecule has 2 heterocycles. The molecule has 1 aliphatic rings. The molecule has 2 unspecified atom stereocenters. The lowest BCUT2D eigenvalue weighted by molar-refractivity contribution is -0.126. The first kappa shape index (κ1) is 21.7. The highest BCUT2D eigenvalue weighted by molar-refractivity contribution is 7.89. The Morgan fingerprint density at radius 1 is 1.13 bits per heavy atom. The van der Waals surface area contributed by atoms with Crippen LogP contribution < -0.4 is 5.32 Å². The highest BCUT2D eigenvalue weighted by Crippen LogP contribution is 2.27. The number of amides is 1.